The van der Waals surface area contributed by atoms with E-state index in [2.05, 4.69) is 0 Å². The fraction of sp³-hybridized carbons (Fsp3) is 0.400. The predicted molar refractivity (Wildman–Crippen MR) is 102 cm³/mol. The topological polar surface area (TPSA) is 38.7 Å². The van der Waals surface area contributed by atoms with E-state index in [0.717, 1.165) is 29.0 Å². The Kier molecular flexibility index (Phi) is 7.86. The number of rotatable bonds is 8. The van der Waals surface area contributed by atoms with Gasteiger partial charge in [-0.2, -0.15) is 13.2 Å². The number of allylic oxidation sites excluding steroid dienone is 5. The van der Waals surface area contributed by atoms with Gasteiger partial charge in [0.25, 0.3) is 0 Å². The van der Waals surface area contributed by atoms with Crippen molar-refractivity contribution in [2.24, 2.45) is 0 Å². The van der Waals surface area contributed by atoms with Crippen LogP contribution in [0, 0.1) is 0 Å². The van der Waals surface area contributed by atoms with Gasteiger partial charge in [0, 0.05) is 12.4 Å². The monoisotopic (exact) mass is 400 g/mol. The molecule has 1 aromatic rings. The van der Waals surface area contributed by atoms with Gasteiger partial charge in [-0.05, 0) is 67.2 Å². The van der Waals surface area contributed by atoms with Gasteiger partial charge in [-0.25, -0.2) is 0 Å². The maximum Gasteiger partial charge on any atom is 0.416 e. The largest absolute Gasteiger partial charge is 0.508 e. The zero-order chi connectivity index (χ0) is 19.9. The highest BCUT2D eigenvalue weighted by atomic mass is 32.2. The van der Waals surface area contributed by atoms with Crippen molar-refractivity contribution in [3.63, 3.8) is 0 Å². The maximum atomic E-state index is 12.6. The smallest absolute Gasteiger partial charge is 0.416 e. The molecule has 0 spiro atoms. The van der Waals surface area contributed by atoms with Crippen LogP contribution in [-0.4, -0.2) is 30.2 Å². The third-order valence-electron chi connectivity index (χ3n) is 3.85. The van der Waals surface area contributed by atoms with E-state index < -0.39 is 11.7 Å². The lowest BCUT2D eigenvalue weighted by Crippen LogP contribution is -2.24. The molecule has 0 bridgehead atoms. The van der Waals surface area contributed by atoms with Gasteiger partial charge in [-0.15, -0.1) is 11.8 Å². The summed E-state index contributed by atoms with van der Waals surface area (Å²) in [5.41, 5.74) is 0.104. The summed E-state index contributed by atoms with van der Waals surface area (Å²) in [5, 5.41) is 9.74. The summed E-state index contributed by atoms with van der Waals surface area (Å²) >= 11 is 1.62. The molecule has 1 atom stereocenters. The number of ether oxygens (including phenoxy) is 2. The molecular formula is C20H23F3O3S. The Bertz CT molecular complexity index is 706. The van der Waals surface area contributed by atoms with Gasteiger partial charge >= 0.3 is 6.18 Å². The van der Waals surface area contributed by atoms with Gasteiger partial charge in [0.15, 0.2) is 0 Å². The number of hydrogen-bond donors (Lipinski definition) is 1. The Morgan fingerprint density at radius 2 is 1.93 bits per heavy atom. The van der Waals surface area contributed by atoms with Crippen LogP contribution in [0.15, 0.2) is 58.7 Å². The van der Waals surface area contributed by atoms with Crippen LogP contribution >= 0.6 is 11.8 Å². The number of alkyl halides is 3. The molecule has 2 rings (SSSR count). The minimum absolute atomic E-state index is 0.201. The van der Waals surface area contributed by atoms with Crippen molar-refractivity contribution in [3.05, 3.63) is 64.3 Å². The van der Waals surface area contributed by atoms with Gasteiger partial charge < -0.3 is 14.6 Å². The lowest BCUT2D eigenvalue weighted by Gasteiger charge is -2.18. The molecule has 0 saturated heterocycles. The van der Waals surface area contributed by atoms with Crippen molar-refractivity contribution in [3.8, 4) is 5.75 Å². The Labute approximate surface area is 161 Å². The second kappa shape index (κ2) is 9.90. The first-order valence-electron chi connectivity index (χ1n) is 8.61. The molecule has 1 aliphatic rings. The Morgan fingerprint density at radius 1 is 1.22 bits per heavy atom. The summed E-state index contributed by atoms with van der Waals surface area (Å²) in [7, 11) is 0. The van der Waals surface area contributed by atoms with E-state index in [0.29, 0.717) is 18.1 Å². The van der Waals surface area contributed by atoms with Gasteiger partial charge in [0.05, 0.1) is 5.56 Å². The number of thioether (sulfide) groups is 1. The molecular weight excluding hydrogens is 377 g/mol. The van der Waals surface area contributed by atoms with E-state index in [1.807, 2.05) is 26.0 Å². The molecule has 148 valence electrons. The molecule has 0 heterocycles. The van der Waals surface area contributed by atoms with Crippen molar-refractivity contribution in [1.82, 2.24) is 0 Å². The molecule has 3 nitrogen and oxygen atoms in total. The molecule has 0 fully saturated rings. The molecule has 1 aromatic carbocycles. The summed E-state index contributed by atoms with van der Waals surface area (Å²) in [6.07, 6.45) is 1.70. The van der Waals surface area contributed by atoms with Crippen LogP contribution in [0.25, 0.3) is 0 Å². The molecule has 0 aliphatic heterocycles. The molecule has 1 aliphatic carbocycles. The van der Waals surface area contributed by atoms with E-state index in [-0.39, 0.29) is 18.5 Å². The van der Waals surface area contributed by atoms with Crippen LogP contribution in [-0.2, 0) is 10.9 Å². The number of halogens is 3. The van der Waals surface area contributed by atoms with Crippen LogP contribution < -0.4 is 4.74 Å². The van der Waals surface area contributed by atoms with Gasteiger partial charge in [0.1, 0.15) is 24.2 Å². The lowest BCUT2D eigenvalue weighted by atomic mass is 10.2. The van der Waals surface area contributed by atoms with Crippen LogP contribution in [0.2, 0.25) is 0 Å². The number of benzene rings is 1. The van der Waals surface area contributed by atoms with Gasteiger partial charge in [-0.1, -0.05) is 6.08 Å². The fourth-order valence-corrected chi connectivity index (χ4v) is 3.47. The molecule has 1 unspecified atom stereocenters. The van der Waals surface area contributed by atoms with Crippen LogP contribution in [0.3, 0.4) is 0 Å². The maximum absolute atomic E-state index is 12.6. The van der Waals surface area contributed by atoms with Crippen LogP contribution in [0.4, 0.5) is 13.2 Å². The molecule has 0 amide bonds. The van der Waals surface area contributed by atoms with Crippen molar-refractivity contribution in [2.75, 3.05) is 19.0 Å². The SMILES string of the molecule is CCOC(COc1ccc(C(F)(F)F)cc1)CSC1=CC(C)=C(O)C=CC1. The van der Waals surface area contributed by atoms with Gasteiger partial charge in [-0.3, -0.25) is 0 Å². The van der Waals surface area contributed by atoms with Crippen LogP contribution in [0.1, 0.15) is 25.8 Å². The minimum Gasteiger partial charge on any atom is -0.508 e. The van der Waals surface area contributed by atoms with Crippen LogP contribution in [0.5, 0.6) is 5.75 Å². The quantitative estimate of drug-likeness (QED) is 0.590. The number of hydrogen-bond acceptors (Lipinski definition) is 4. The summed E-state index contributed by atoms with van der Waals surface area (Å²) < 4.78 is 49.1. The third kappa shape index (κ3) is 6.99. The van der Waals surface area contributed by atoms with Crippen molar-refractivity contribution in [2.45, 2.75) is 32.5 Å². The summed E-state index contributed by atoms with van der Waals surface area (Å²) in [4.78, 5) is 1.10. The molecule has 0 saturated carbocycles. The number of aliphatic hydroxyl groups excluding tert-OH is 1. The average molecular weight is 400 g/mol. The third-order valence-corrected chi connectivity index (χ3v) is 5.04. The Balaban J connectivity index is 1.90. The minimum atomic E-state index is -4.36. The van der Waals surface area contributed by atoms with E-state index in [9.17, 15) is 18.3 Å². The number of aliphatic hydroxyl groups is 1. The van der Waals surface area contributed by atoms with E-state index in [4.69, 9.17) is 9.47 Å². The van der Waals surface area contributed by atoms with Crippen molar-refractivity contribution >= 4 is 11.8 Å². The normalized spacial score (nSPS) is 16.1. The Morgan fingerprint density at radius 3 is 2.56 bits per heavy atom. The van der Waals surface area contributed by atoms with Crippen molar-refractivity contribution in [1.29, 1.82) is 0 Å². The second-order valence-corrected chi connectivity index (χ2v) is 7.15. The second-order valence-electron chi connectivity index (χ2n) is 6.01. The van der Waals surface area contributed by atoms with E-state index in [1.165, 1.54) is 12.1 Å². The van der Waals surface area contributed by atoms with E-state index in [1.54, 1.807) is 17.8 Å². The molecule has 0 aromatic heterocycles. The first-order valence-corrected chi connectivity index (χ1v) is 9.59. The molecule has 1 N–H and O–H groups in total. The summed E-state index contributed by atoms with van der Waals surface area (Å²) in [5.74, 6) is 1.28. The standard InChI is InChI=1S/C20H23F3O3S/c1-3-25-17(13-27-18-5-4-6-19(24)14(2)11-18)12-26-16-9-7-15(8-10-16)20(21,22)23/h4,6-11,17,24H,3,5,12-13H2,1-2H3. The molecule has 0 radical (unpaired) electrons. The first kappa shape index (κ1) is 21.4. The van der Waals surface area contributed by atoms with Gasteiger partial charge in [0.2, 0.25) is 0 Å². The van der Waals surface area contributed by atoms with Crippen molar-refractivity contribution < 1.29 is 27.8 Å². The molecule has 27 heavy (non-hydrogen) atoms. The zero-order valence-electron chi connectivity index (χ0n) is 15.3. The zero-order valence-corrected chi connectivity index (χ0v) is 16.1. The highest BCUT2D eigenvalue weighted by molar-refractivity contribution is 8.03. The average Bonchev–Trinajstić information content (AvgIpc) is 2.78. The van der Waals surface area contributed by atoms with E-state index >= 15 is 0 Å². The first-order chi connectivity index (χ1) is 12.8. The highest BCUT2D eigenvalue weighted by Gasteiger charge is 2.30. The highest BCUT2D eigenvalue weighted by Crippen LogP contribution is 2.30. The summed E-state index contributed by atoms with van der Waals surface area (Å²) in [6, 6.07) is 4.64. The molecule has 7 heteroatoms. The summed E-state index contributed by atoms with van der Waals surface area (Å²) in [6.45, 7) is 4.49. The predicted octanol–water partition coefficient (Wildman–Crippen LogP) is 5.90. The fourth-order valence-electron chi connectivity index (χ4n) is 2.40. The lowest BCUT2D eigenvalue weighted by molar-refractivity contribution is -0.137. The Hall–Kier alpha value is -1.86.